The van der Waals surface area contributed by atoms with E-state index >= 15 is 0 Å². The Morgan fingerprint density at radius 3 is 2.53 bits per heavy atom. The molecule has 0 radical (unpaired) electrons. The van der Waals surface area contributed by atoms with E-state index in [-0.39, 0.29) is 15.6 Å². The van der Waals surface area contributed by atoms with Crippen molar-refractivity contribution in [3.63, 3.8) is 0 Å². The highest BCUT2D eigenvalue weighted by atomic mass is 35.5. The maximum Gasteiger partial charge on any atom is 0.241 e. The molecule has 5 N–H and O–H groups in total. The lowest BCUT2D eigenvalue weighted by atomic mass is 10.2. The number of nitrogens with two attached hydrogens (primary N) is 2. The minimum atomic E-state index is -3.83. The first kappa shape index (κ1) is 13.8. The Hall–Kier alpha value is -1.31. The van der Waals surface area contributed by atoms with Crippen LogP contribution in [0.4, 0.5) is 5.69 Å². The molecule has 17 heavy (non-hydrogen) atoms. The second-order valence-electron chi connectivity index (χ2n) is 3.41. The van der Waals surface area contributed by atoms with Gasteiger partial charge in [-0.15, -0.1) is 0 Å². The van der Waals surface area contributed by atoms with Crippen LogP contribution in [0, 0.1) is 6.92 Å². The second-order valence-corrected chi connectivity index (χ2v) is 5.58. The van der Waals surface area contributed by atoms with Gasteiger partial charge in [0.05, 0.1) is 11.4 Å². The molecule has 1 amide bonds. The first-order valence-corrected chi connectivity index (χ1v) is 6.43. The number of anilines is 1. The first-order chi connectivity index (χ1) is 7.74. The molecule has 0 fully saturated rings. The standard InChI is InChI=1S/C9H12ClN3O3S/c1-5-7(10)2-6(3-8(5)11)17(15,16)13-4-9(12)14/h2-3,13H,4,11H2,1H3,(H2,12,14). The van der Waals surface area contributed by atoms with Gasteiger partial charge in [-0.2, -0.15) is 0 Å². The molecule has 0 atom stereocenters. The summed E-state index contributed by atoms with van der Waals surface area (Å²) in [5.74, 6) is -0.778. The molecule has 0 aliphatic heterocycles. The summed E-state index contributed by atoms with van der Waals surface area (Å²) in [4.78, 5) is 10.4. The van der Waals surface area contributed by atoms with Crippen LogP contribution in [0.2, 0.25) is 5.02 Å². The van der Waals surface area contributed by atoms with Crippen molar-refractivity contribution in [3.05, 3.63) is 22.7 Å². The van der Waals surface area contributed by atoms with Crippen LogP contribution < -0.4 is 16.2 Å². The van der Waals surface area contributed by atoms with Crippen molar-refractivity contribution in [2.45, 2.75) is 11.8 Å². The number of sulfonamides is 1. The van der Waals surface area contributed by atoms with E-state index in [0.29, 0.717) is 5.56 Å². The van der Waals surface area contributed by atoms with Gasteiger partial charge in [-0.3, -0.25) is 4.79 Å². The van der Waals surface area contributed by atoms with Gasteiger partial charge in [-0.1, -0.05) is 11.6 Å². The van der Waals surface area contributed by atoms with E-state index in [1.165, 1.54) is 12.1 Å². The van der Waals surface area contributed by atoms with Crippen LogP contribution in [0.15, 0.2) is 17.0 Å². The molecular weight excluding hydrogens is 266 g/mol. The third kappa shape index (κ3) is 3.32. The molecule has 1 rings (SSSR count). The van der Waals surface area contributed by atoms with Crippen LogP contribution in [0.25, 0.3) is 0 Å². The summed E-state index contributed by atoms with van der Waals surface area (Å²) in [7, 11) is -3.83. The zero-order valence-electron chi connectivity index (χ0n) is 9.03. The number of hydrogen-bond donors (Lipinski definition) is 3. The minimum absolute atomic E-state index is 0.105. The molecule has 0 aliphatic carbocycles. The number of benzene rings is 1. The monoisotopic (exact) mass is 277 g/mol. The molecule has 0 saturated heterocycles. The highest BCUT2D eigenvalue weighted by Gasteiger charge is 2.17. The molecule has 1 aromatic carbocycles. The Labute approximate surface area is 104 Å². The average Bonchev–Trinajstić information content (AvgIpc) is 2.22. The fraction of sp³-hybridized carbons (Fsp3) is 0.222. The van der Waals surface area contributed by atoms with E-state index in [0.717, 1.165) is 0 Å². The van der Waals surface area contributed by atoms with E-state index in [2.05, 4.69) is 0 Å². The minimum Gasteiger partial charge on any atom is -0.398 e. The zero-order valence-corrected chi connectivity index (χ0v) is 10.6. The summed E-state index contributed by atoms with van der Waals surface area (Å²) in [5.41, 5.74) is 11.3. The number of nitrogen functional groups attached to an aromatic ring is 1. The highest BCUT2D eigenvalue weighted by molar-refractivity contribution is 7.89. The molecule has 0 aromatic heterocycles. The number of carbonyl (C=O) groups is 1. The quantitative estimate of drug-likeness (QED) is 0.672. The lowest BCUT2D eigenvalue weighted by Crippen LogP contribution is -2.33. The summed E-state index contributed by atoms with van der Waals surface area (Å²) in [6.45, 7) is 1.19. The van der Waals surface area contributed by atoms with Crippen molar-refractivity contribution in [1.29, 1.82) is 0 Å². The zero-order chi connectivity index (χ0) is 13.2. The number of amides is 1. The van der Waals surface area contributed by atoms with Gasteiger partial charge >= 0.3 is 0 Å². The van der Waals surface area contributed by atoms with Crippen molar-refractivity contribution < 1.29 is 13.2 Å². The van der Waals surface area contributed by atoms with Crippen LogP contribution in [0.1, 0.15) is 5.56 Å². The Bertz CT molecular complexity index is 534. The Kier molecular flexibility index (Phi) is 3.97. The number of primary amides is 1. The molecular formula is C9H12ClN3O3S. The maximum atomic E-state index is 11.7. The highest BCUT2D eigenvalue weighted by Crippen LogP contribution is 2.25. The van der Waals surface area contributed by atoms with Crippen LogP contribution in [0.3, 0.4) is 0 Å². The molecule has 8 heteroatoms. The number of rotatable bonds is 4. The van der Waals surface area contributed by atoms with Crippen molar-refractivity contribution in [2.75, 3.05) is 12.3 Å². The molecule has 0 saturated carbocycles. The van der Waals surface area contributed by atoms with Gasteiger partial charge in [0, 0.05) is 10.7 Å². The Balaban J connectivity index is 3.12. The van der Waals surface area contributed by atoms with Gasteiger partial charge in [-0.25, -0.2) is 13.1 Å². The molecule has 0 bridgehead atoms. The summed E-state index contributed by atoms with van der Waals surface area (Å²) >= 11 is 5.82. The number of hydrogen-bond acceptors (Lipinski definition) is 4. The third-order valence-electron chi connectivity index (χ3n) is 2.10. The van der Waals surface area contributed by atoms with Crippen molar-refractivity contribution in [1.82, 2.24) is 4.72 Å². The normalized spacial score (nSPS) is 11.4. The van der Waals surface area contributed by atoms with E-state index in [1.807, 2.05) is 4.72 Å². The molecule has 94 valence electrons. The maximum absolute atomic E-state index is 11.7. The number of carbonyl (C=O) groups excluding carboxylic acids is 1. The van der Waals surface area contributed by atoms with E-state index in [4.69, 9.17) is 23.1 Å². The van der Waals surface area contributed by atoms with Crippen LogP contribution in [0.5, 0.6) is 0 Å². The molecule has 0 heterocycles. The predicted octanol–water partition coefficient (Wildman–Crippen LogP) is -0.00578. The van der Waals surface area contributed by atoms with E-state index < -0.39 is 22.5 Å². The van der Waals surface area contributed by atoms with Gasteiger partial charge in [0.25, 0.3) is 0 Å². The Morgan fingerprint density at radius 1 is 1.47 bits per heavy atom. The lowest BCUT2D eigenvalue weighted by molar-refractivity contribution is -0.116. The van der Waals surface area contributed by atoms with Crippen LogP contribution in [-0.4, -0.2) is 20.9 Å². The fourth-order valence-corrected chi connectivity index (χ4v) is 2.42. The van der Waals surface area contributed by atoms with Crippen molar-refractivity contribution >= 4 is 33.2 Å². The third-order valence-corrected chi connectivity index (χ3v) is 3.88. The topological polar surface area (TPSA) is 115 Å². The van der Waals surface area contributed by atoms with Gasteiger partial charge in [-0.05, 0) is 24.6 Å². The Morgan fingerprint density at radius 2 is 2.06 bits per heavy atom. The van der Waals surface area contributed by atoms with Gasteiger partial charge in [0.2, 0.25) is 15.9 Å². The van der Waals surface area contributed by atoms with Gasteiger partial charge in [0.15, 0.2) is 0 Å². The second kappa shape index (κ2) is 4.91. The summed E-state index contributed by atoms with van der Waals surface area (Å²) in [6.07, 6.45) is 0. The first-order valence-electron chi connectivity index (χ1n) is 4.57. The predicted molar refractivity (Wildman–Crippen MR) is 65.0 cm³/mol. The molecule has 0 aliphatic rings. The van der Waals surface area contributed by atoms with Gasteiger partial charge in [0.1, 0.15) is 0 Å². The average molecular weight is 278 g/mol. The van der Waals surface area contributed by atoms with E-state index in [1.54, 1.807) is 6.92 Å². The molecule has 0 spiro atoms. The van der Waals surface area contributed by atoms with Crippen LogP contribution in [-0.2, 0) is 14.8 Å². The number of nitrogens with one attached hydrogen (secondary N) is 1. The van der Waals surface area contributed by atoms with Crippen molar-refractivity contribution in [3.8, 4) is 0 Å². The molecule has 1 aromatic rings. The number of halogens is 1. The lowest BCUT2D eigenvalue weighted by Gasteiger charge is -2.09. The summed E-state index contributed by atoms with van der Waals surface area (Å²) in [5, 5.41) is 0.240. The SMILES string of the molecule is Cc1c(N)cc(S(=O)(=O)NCC(N)=O)cc1Cl. The van der Waals surface area contributed by atoms with Crippen LogP contribution >= 0.6 is 11.6 Å². The summed E-state index contributed by atoms with van der Waals surface area (Å²) < 4.78 is 25.5. The molecule has 0 unspecified atom stereocenters. The van der Waals surface area contributed by atoms with Gasteiger partial charge < -0.3 is 11.5 Å². The fourth-order valence-electron chi connectivity index (χ4n) is 1.08. The molecule has 6 nitrogen and oxygen atoms in total. The van der Waals surface area contributed by atoms with E-state index in [9.17, 15) is 13.2 Å². The smallest absolute Gasteiger partial charge is 0.241 e. The summed E-state index contributed by atoms with van der Waals surface area (Å²) in [6, 6.07) is 2.53. The largest absolute Gasteiger partial charge is 0.398 e. The van der Waals surface area contributed by atoms with Crippen molar-refractivity contribution in [2.24, 2.45) is 5.73 Å².